The molecule has 0 bridgehead atoms. The fourth-order valence-corrected chi connectivity index (χ4v) is 2.85. The molecule has 0 amide bonds. The molecule has 1 aromatic rings. The van der Waals surface area contributed by atoms with Gasteiger partial charge in [0.1, 0.15) is 5.75 Å². The molecule has 2 unspecified atom stereocenters. The van der Waals surface area contributed by atoms with Crippen molar-refractivity contribution in [3.8, 4) is 5.75 Å². The predicted octanol–water partition coefficient (Wildman–Crippen LogP) is 2.73. The van der Waals surface area contributed by atoms with Crippen molar-refractivity contribution in [2.75, 3.05) is 6.54 Å². The number of carboxylic acid groups (broad SMARTS) is 1. The predicted molar refractivity (Wildman–Crippen MR) is 78.0 cm³/mol. The standard InChI is InChI=1S/C16H23NO3/c1-9-5-12(16(2,3)4)14(18)7-11(9)13-6-10(8-17-13)15(19)20/h5,7,10,13,17-18H,6,8H2,1-4H3,(H,19,20). The van der Waals surface area contributed by atoms with Gasteiger partial charge in [-0.1, -0.05) is 26.8 Å². The Bertz CT molecular complexity index is 531. The maximum atomic E-state index is 11.0. The number of phenols is 1. The van der Waals surface area contributed by atoms with Crippen molar-refractivity contribution in [2.24, 2.45) is 5.92 Å². The number of benzene rings is 1. The summed E-state index contributed by atoms with van der Waals surface area (Å²) in [6, 6.07) is 3.81. The van der Waals surface area contributed by atoms with E-state index in [0.29, 0.717) is 18.7 Å². The second-order valence-corrected chi connectivity index (χ2v) is 6.71. The van der Waals surface area contributed by atoms with Crippen LogP contribution in [0.15, 0.2) is 12.1 Å². The number of aliphatic carboxylic acids is 1. The third-order valence-corrected chi connectivity index (χ3v) is 4.05. The van der Waals surface area contributed by atoms with Crippen LogP contribution in [0.1, 0.15) is 49.9 Å². The van der Waals surface area contributed by atoms with Crippen LogP contribution in [0, 0.1) is 12.8 Å². The Labute approximate surface area is 119 Å². The molecule has 1 aliphatic heterocycles. The molecule has 1 aliphatic rings. The summed E-state index contributed by atoms with van der Waals surface area (Å²) >= 11 is 0. The molecule has 20 heavy (non-hydrogen) atoms. The number of hydrogen-bond acceptors (Lipinski definition) is 3. The summed E-state index contributed by atoms with van der Waals surface area (Å²) in [4.78, 5) is 11.0. The molecule has 110 valence electrons. The molecule has 1 fully saturated rings. The molecule has 0 radical (unpaired) electrons. The minimum Gasteiger partial charge on any atom is -0.508 e. The minimum absolute atomic E-state index is 0.0102. The molecule has 1 heterocycles. The van der Waals surface area contributed by atoms with Gasteiger partial charge in [-0.15, -0.1) is 0 Å². The second kappa shape index (κ2) is 5.09. The topological polar surface area (TPSA) is 69.6 Å². The summed E-state index contributed by atoms with van der Waals surface area (Å²) < 4.78 is 0. The first-order chi connectivity index (χ1) is 9.20. The second-order valence-electron chi connectivity index (χ2n) is 6.71. The first-order valence-electron chi connectivity index (χ1n) is 7.00. The number of aryl methyl sites for hydroxylation is 1. The molecule has 0 saturated carbocycles. The van der Waals surface area contributed by atoms with Crippen molar-refractivity contribution < 1.29 is 15.0 Å². The van der Waals surface area contributed by atoms with Gasteiger partial charge in [0, 0.05) is 12.6 Å². The van der Waals surface area contributed by atoms with E-state index in [4.69, 9.17) is 5.11 Å². The fraction of sp³-hybridized carbons (Fsp3) is 0.562. The highest BCUT2D eigenvalue weighted by molar-refractivity contribution is 5.71. The fourth-order valence-electron chi connectivity index (χ4n) is 2.85. The maximum Gasteiger partial charge on any atom is 0.307 e. The van der Waals surface area contributed by atoms with Crippen LogP contribution in [-0.4, -0.2) is 22.7 Å². The molecule has 4 nitrogen and oxygen atoms in total. The quantitative estimate of drug-likeness (QED) is 0.777. The smallest absolute Gasteiger partial charge is 0.307 e. The number of phenolic OH excluding ortho intramolecular Hbond substituents is 1. The molecule has 0 aliphatic carbocycles. The summed E-state index contributed by atoms with van der Waals surface area (Å²) in [5.74, 6) is -0.810. The Hall–Kier alpha value is -1.55. The van der Waals surface area contributed by atoms with E-state index in [0.717, 1.165) is 16.7 Å². The lowest BCUT2D eigenvalue weighted by Gasteiger charge is -2.23. The van der Waals surface area contributed by atoms with Crippen molar-refractivity contribution >= 4 is 5.97 Å². The molecule has 2 rings (SSSR count). The van der Waals surface area contributed by atoms with E-state index >= 15 is 0 Å². The number of carbonyl (C=O) groups is 1. The van der Waals surface area contributed by atoms with Crippen LogP contribution in [0.4, 0.5) is 0 Å². The summed E-state index contributed by atoms with van der Waals surface area (Å²) in [7, 11) is 0. The summed E-state index contributed by atoms with van der Waals surface area (Å²) in [5, 5.41) is 22.5. The summed E-state index contributed by atoms with van der Waals surface area (Å²) in [5.41, 5.74) is 2.90. The van der Waals surface area contributed by atoms with E-state index in [2.05, 4.69) is 26.1 Å². The highest BCUT2D eigenvalue weighted by Crippen LogP contribution is 2.37. The number of carboxylic acids is 1. The maximum absolute atomic E-state index is 11.0. The largest absolute Gasteiger partial charge is 0.508 e. The van der Waals surface area contributed by atoms with Crippen LogP contribution in [0.3, 0.4) is 0 Å². The third kappa shape index (κ3) is 2.80. The lowest BCUT2D eigenvalue weighted by molar-refractivity contribution is -0.141. The van der Waals surface area contributed by atoms with Crippen LogP contribution in [0.5, 0.6) is 5.75 Å². The van der Waals surface area contributed by atoms with E-state index in [9.17, 15) is 9.90 Å². The lowest BCUT2D eigenvalue weighted by Crippen LogP contribution is -2.18. The Balaban J connectivity index is 2.31. The Morgan fingerprint density at radius 3 is 2.50 bits per heavy atom. The number of hydrogen-bond donors (Lipinski definition) is 3. The van der Waals surface area contributed by atoms with Gasteiger partial charge in [-0.3, -0.25) is 4.79 Å². The van der Waals surface area contributed by atoms with Gasteiger partial charge in [-0.2, -0.15) is 0 Å². The van der Waals surface area contributed by atoms with Crippen LogP contribution in [-0.2, 0) is 10.2 Å². The number of nitrogens with one attached hydrogen (secondary N) is 1. The number of aromatic hydroxyl groups is 1. The monoisotopic (exact) mass is 277 g/mol. The van der Waals surface area contributed by atoms with Gasteiger partial charge in [-0.25, -0.2) is 0 Å². The Morgan fingerprint density at radius 2 is 2.00 bits per heavy atom. The van der Waals surface area contributed by atoms with E-state index in [1.165, 1.54) is 0 Å². The van der Waals surface area contributed by atoms with Gasteiger partial charge in [0.25, 0.3) is 0 Å². The molecule has 1 saturated heterocycles. The Morgan fingerprint density at radius 1 is 1.35 bits per heavy atom. The first kappa shape index (κ1) is 14.9. The summed E-state index contributed by atoms with van der Waals surface area (Å²) in [6.45, 7) is 8.70. The molecule has 2 atom stereocenters. The molecule has 3 N–H and O–H groups in total. The van der Waals surface area contributed by atoms with E-state index < -0.39 is 5.97 Å². The van der Waals surface area contributed by atoms with Crippen LogP contribution in [0.25, 0.3) is 0 Å². The SMILES string of the molecule is Cc1cc(C(C)(C)C)c(O)cc1C1CC(C(=O)O)CN1. The average molecular weight is 277 g/mol. The molecule has 1 aromatic carbocycles. The van der Waals surface area contributed by atoms with Gasteiger partial charge in [0.15, 0.2) is 0 Å². The molecule has 4 heteroatoms. The van der Waals surface area contributed by atoms with Gasteiger partial charge in [0.05, 0.1) is 5.92 Å². The van der Waals surface area contributed by atoms with E-state index in [1.54, 1.807) is 6.07 Å². The van der Waals surface area contributed by atoms with Crippen LogP contribution >= 0.6 is 0 Å². The Kier molecular flexibility index (Phi) is 3.78. The highest BCUT2D eigenvalue weighted by Gasteiger charge is 2.31. The zero-order valence-corrected chi connectivity index (χ0v) is 12.5. The number of rotatable bonds is 2. The van der Waals surface area contributed by atoms with E-state index in [-0.39, 0.29) is 17.4 Å². The van der Waals surface area contributed by atoms with Crippen molar-refractivity contribution in [1.29, 1.82) is 0 Å². The van der Waals surface area contributed by atoms with E-state index in [1.807, 2.05) is 13.0 Å². The lowest BCUT2D eigenvalue weighted by atomic mass is 9.83. The highest BCUT2D eigenvalue weighted by atomic mass is 16.4. The van der Waals surface area contributed by atoms with Gasteiger partial charge >= 0.3 is 5.97 Å². The summed E-state index contributed by atoms with van der Waals surface area (Å²) in [6.07, 6.45) is 0.574. The first-order valence-corrected chi connectivity index (χ1v) is 7.00. The zero-order chi connectivity index (χ0) is 15.1. The van der Waals surface area contributed by atoms with Crippen LogP contribution < -0.4 is 5.32 Å². The molecular weight excluding hydrogens is 254 g/mol. The molecule has 0 spiro atoms. The van der Waals surface area contributed by atoms with Gasteiger partial charge in [0.2, 0.25) is 0 Å². The average Bonchev–Trinajstić information content (AvgIpc) is 2.79. The zero-order valence-electron chi connectivity index (χ0n) is 12.5. The molecular formula is C16H23NO3. The van der Waals surface area contributed by atoms with Crippen molar-refractivity contribution in [2.45, 2.75) is 45.6 Å². The van der Waals surface area contributed by atoms with Crippen molar-refractivity contribution in [1.82, 2.24) is 5.32 Å². The van der Waals surface area contributed by atoms with Crippen molar-refractivity contribution in [3.05, 3.63) is 28.8 Å². The third-order valence-electron chi connectivity index (χ3n) is 4.05. The normalized spacial score (nSPS) is 23.0. The van der Waals surface area contributed by atoms with Gasteiger partial charge < -0.3 is 15.5 Å². The van der Waals surface area contributed by atoms with Crippen molar-refractivity contribution in [3.63, 3.8) is 0 Å². The van der Waals surface area contributed by atoms with Crippen LogP contribution in [0.2, 0.25) is 0 Å². The minimum atomic E-state index is -0.756. The van der Waals surface area contributed by atoms with Gasteiger partial charge in [-0.05, 0) is 41.5 Å². The molecule has 0 aromatic heterocycles.